The van der Waals surface area contributed by atoms with Gasteiger partial charge in [0.25, 0.3) is 5.91 Å². The normalized spacial score (nSPS) is 18.1. The van der Waals surface area contributed by atoms with Gasteiger partial charge in [0.1, 0.15) is 4.33 Å². The molecule has 0 spiro atoms. The number of carbonyl (C=O) groups excluding carboxylic acids is 2. The van der Waals surface area contributed by atoms with Crippen molar-refractivity contribution in [3.63, 3.8) is 0 Å². The fraction of sp³-hybridized carbons (Fsp3) is 0.286. The van der Waals surface area contributed by atoms with Crippen molar-refractivity contribution < 1.29 is 40.3 Å². The van der Waals surface area contributed by atoms with Crippen LogP contribution in [0, 0.1) is 19.8 Å². The third kappa shape index (κ3) is 6.31. The Morgan fingerprint density at radius 2 is 1.30 bits per heavy atom. The van der Waals surface area contributed by atoms with E-state index in [1.807, 2.05) is 0 Å². The van der Waals surface area contributed by atoms with E-state index in [4.69, 9.17) is 58.0 Å². The lowest BCUT2D eigenvalue weighted by atomic mass is 9.90. The molecule has 2 amide bonds. The molecule has 44 heavy (non-hydrogen) atoms. The van der Waals surface area contributed by atoms with Gasteiger partial charge in [-0.1, -0.05) is 46.9 Å². The number of alkyl halides is 9. The lowest BCUT2D eigenvalue weighted by Gasteiger charge is -2.31. The molecule has 16 heteroatoms. The molecule has 3 aromatic carbocycles. The topological polar surface area (TPSA) is 58.2 Å². The molecular weight excluding hydrogens is 707 g/mol. The first-order valence-electron chi connectivity index (χ1n) is 12.3. The number of halogens is 12. The molecule has 3 aromatic rings. The van der Waals surface area contributed by atoms with Gasteiger partial charge in [0.2, 0.25) is 5.91 Å². The molecule has 4 rings (SSSR count). The number of anilines is 2. The van der Waals surface area contributed by atoms with Crippen molar-refractivity contribution in [1.29, 1.82) is 0 Å². The molecule has 0 bridgehead atoms. The van der Waals surface area contributed by atoms with Crippen molar-refractivity contribution in [3.05, 3.63) is 91.4 Å². The van der Waals surface area contributed by atoms with E-state index < -0.39 is 51.6 Å². The number of carbonyl (C=O) groups is 2. The molecule has 236 valence electrons. The zero-order chi connectivity index (χ0) is 33.2. The summed E-state index contributed by atoms with van der Waals surface area (Å²) in [6.07, 6.45) is -12.6. The second-order valence-corrected chi connectivity index (χ2v) is 12.8. The number of benzene rings is 3. The van der Waals surface area contributed by atoms with Crippen LogP contribution in [0.4, 0.5) is 42.1 Å². The van der Waals surface area contributed by atoms with Crippen LogP contribution >= 0.6 is 58.0 Å². The number of hydrogen-bond donors (Lipinski definition) is 2. The van der Waals surface area contributed by atoms with Gasteiger partial charge in [-0.3, -0.25) is 9.59 Å². The Balaban J connectivity index is 1.57. The minimum Gasteiger partial charge on any atom is -0.326 e. The molecule has 0 radical (unpaired) electrons. The Morgan fingerprint density at radius 1 is 0.773 bits per heavy atom. The van der Waals surface area contributed by atoms with Gasteiger partial charge in [-0.15, -0.1) is 23.2 Å². The largest absolute Gasteiger partial charge is 0.435 e. The summed E-state index contributed by atoms with van der Waals surface area (Å²) < 4.78 is 92.6. The molecule has 2 N–H and O–H groups in total. The summed E-state index contributed by atoms with van der Waals surface area (Å²) >= 11 is 31.0. The Hall–Kier alpha value is -2.44. The van der Waals surface area contributed by atoms with Crippen LogP contribution in [-0.4, -0.2) is 28.5 Å². The lowest BCUT2D eigenvalue weighted by Crippen LogP contribution is -2.50. The highest BCUT2D eigenvalue weighted by atomic mass is 35.5. The summed E-state index contributed by atoms with van der Waals surface area (Å²) in [7, 11) is 0. The van der Waals surface area contributed by atoms with E-state index >= 15 is 0 Å². The summed E-state index contributed by atoms with van der Waals surface area (Å²) in [4.78, 5) is 26.2. The third-order valence-corrected chi connectivity index (χ3v) is 8.72. The SMILES string of the molecule is Cc1cc(C(F)(C(F)(F)F)C(F)(F)F)cc(C)c1NC(=O)c1cc(NC(=O)[C@H]2[C@H](c3cc(Cl)cc(Cl)c3)C2(Cl)Cl)ccc1Cl. The number of amides is 2. The predicted octanol–water partition coefficient (Wildman–Crippen LogP) is 10.3. The molecule has 4 nitrogen and oxygen atoms in total. The van der Waals surface area contributed by atoms with Gasteiger partial charge < -0.3 is 10.6 Å². The Bertz CT molecular complexity index is 1600. The summed E-state index contributed by atoms with van der Waals surface area (Å²) in [6.45, 7) is 2.20. The van der Waals surface area contributed by atoms with Crippen LogP contribution in [0.15, 0.2) is 48.5 Å². The first-order valence-corrected chi connectivity index (χ1v) is 14.2. The van der Waals surface area contributed by atoms with Crippen molar-refractivity contribution >= 4 is 81.2 Å². The zero-order valence-electron chi connectivity index (χ0n) is 22.1. The van der Waals surface area contributed by atoms with Gasteiger partial charge in [0.15, 0.2) is 0 Å². The molecule has 0 aromatic heterocycles. The summed E-state index contributed by atoms with van der Waals surface area (Å²) in [6, 6.07) is 9.15. The van der Waals surface area contributed by atoms with Crippen molar-refractivity contribution in [3.8, 4) is 0 Å². The monoisotopic (exact) mass is 722 g/mol. The highest BCUT2D eigenvalue weighted by Gasteiger charge is 2.73. The standard InChI is InChI=1S/C28H18Cl5F7N2O2/c1-11-5-14(26(34,27(35,36)37)28(38,39)40)6-12(2)22(11)42-23(43)18-10-17(3-4-19(18)31)41-24(44)21-20(25(21,32)33)13-7-15(29)9-16(30)8-13/h3-10,20-21H,1-2H3,(H,41,44)(H,42,43)/t20-,21+/m0/s1. The van der Waals surface area contributed by atoms with Crippen LogP contribution in [0.1, 0.15) is 38.5 Å². The van der Waals surface area contributed by atoms with Gasteiger partial charge in [-0.2, -0.15) is 26.3 Å². The number of rotatable bonds is 6. The summed E-state index contributed by atoms with van der Waals surface area (Å²) in [5, 5.41) is 5.46. The number of nitrogens with one attached hydrogen (secondary N) is 2. The van der Waals surface area contributed by atoms with Gasteiger partial charge in [0, 0.05) is 32.9 Å². The maximum Gasteiger partial charge on any atom is 0.435 e. The van der Waals surface area contributed by atoms with Crippen LogP contribution in [0.5, 0.6) is 0 Å². The minimum absolute atomic E-state index is 0.0878. The van der Waals surface area contributed by atoms with E-state index in [-0.39, 0.29) is 33.1 Å². The molecule has 2 atom stereocenters. The van der Waals surface area contributed by atoms with Gasteiger partial charge >= 0.3 is 18.0 Å². The first-order chi connectivity index (χ1) is 20.1. The van der Waals surface area contributed by atoms with Crippen LogP contribution in [-0.2, 0) is 10.5 Å². The predicted molar refractivity (Wildman–Crippen MR) is 156 cm³/mol. The average Bonchev–Trinajstić information content (AvgIpc) is 3.46. The fourth-order valence-corrected chi connectivity index (χ4v) is 6.42. The van der Waals surface area contributed by atoms with Crippen LogP contribution < -0.4 is 10.6 Å². The molecule has 1 saturated carbocycles. The Morgan fingerprint density at radius 3 is 1.80 bits per heavy atom. The van der Waals surface area contributed by atoms with Crippen molar-refractivity contribution in [2.45, 2.75) is 42.1 Å². The molecule has 1 aliphatic rings. The van der Waals surface area contributed by atoms with Crippen molar-refractivity contribution in [1.82, 2.24) is 0 Å². The maximum atomic E-state index is 14.6. The molecule has 0 unspecified atom stereocenters. The maximum absolute atomic E-state index is 14.6. The Kier molecular flexibility index (Phi) is 9.18. The van der Waals surface area contributed by atoms with E-state index in [1.165, 1.54) is 24.3 Å². The lowest BCUT2D eigenvalue weighted by molar-refractivity contribution is -0.348. The highest BCUT2D eigenvalue weighted by molar-refractivity contribution is 6.53. The summed E-state index contributed by atoms with van der Waals surface area (Å²) in [5.74, 6) is -3.14. The fourth-order valence-electron chi connectivity index (χ4n) is 4.85. The number of aryl methyl sites for hydroxylation is 2. The van der Waals surface area contributed by atoms with E-state index in [1.54, 1.807) is 12.1 Å². The van der Waals surface area contributed by atoms with E-state index in [2.05, 4.69) is 10.6 Å². The van der Waals surface area contributed by atoms with Gasteiger partial charge in [-0.05, 0) is 66.9 Å². The second kappa shape index (κ2) is 11.7. The van der Waals surface area contributed by atoms with Gasteiger partial charge in [0.05, 0.1) is 16.5 Å². The molecule has 1 aliphatic carbocycles. The molecule has 1 fully saturated rings. The van der Waals surface area contributed by atoms with E-state index in [9.17, 15) is 40.3 Å². The van der Waals surface area contributed by atoms with E-state index in [0.717, 1.165) is 13.8 Å². The zero-order valence-corrected chi connectivity index (χ0v) is 25.9. The van der Waals surface area contributed by atoms with Crippen LogP contribution in [0.2, 0.25) is 15.1 Å². The molecular formula is C28H18Cl5F7N2O2. The second-order valence-electron chi connectivity index (χ2n) is 10.1. The van der Waals surface area contributed by atoms with Gasteiger partial charge in [-0.25, -0.2) is 4.39 Å². The highest BCUT2D eigenvalue weighted by Crippen LogP contribution is 2.65. The van der Waals surface area contributed by atoms with Crippen LogP contribution in [0.25, 0.3) is 0 Å². The smallest absolute Gasteiger partial charge is 0.326 e. The minimum atomic E-state index is -6.30. The Labute approximate surface area is 270 Å². The molecule has 0 heterocycles. The van der Waals surface area contributed by atoms with Crippen molar-refractivity contribution in [2.75, 3.05) is 10.6 Å². The average molecular weight is 725 g/mol. The van der Waals surface area contributed by atoms with Crippen LogP contribution in [0.3, 0.4) is 0 Å². The molecule has 0 aliphatic heterocycles. The quantitative estimate of drug-likeness (QED) is 0.196. The first kappa shape index (κ1) is 34.4. The summed E-state index contributed by atoms with van der Waals surface area (Å²) in [5.41, 5.74) is -7.68. The van der Waals surface area contributed by atoms with E-state index in [0.29, 0.717) is 27.7 Å². The third-order valence-electron chi connectivity index (χ3n) is 7.01. The van der Waals surface area contributed by atoms with Crippen molar-refractivity contribution in [2.24, 2.45) is 5.92 Å². The number of hydrogen-bond acceptors (Lipinski definition) is 2. The molecule has 0 saturated heterocycles.